The second kappa shape index (κ2) is 5.93. The Morgan fingerprint density at radius 2 is 2.05 bits per heavy atom. The molecule has 0 aliphatic carbocycles. The zero-order chi connectivity index (χ0) is 14.0. The summed E-state index contributed by atoms with van der Waals surface area (Å²) in [4.78, 5) is 4.49. The van der Waals surface area contributed by atoms with Gasteiger partial charge in [-0.2, -0.15) is 0 Å². The van der Waals surface area contributed by atoms with E-state index in [-0.39, 0.29) is 0 Å². The van der Waals surface area contributed by atoms with Crippen LogP contribution in [0.1, 0.15) is 5.56 Å². The second-order valence-corrected chi connectivity index (χ2v) is 12.8. The average molecular weight is 388 g/mol. The Hall–Kier alpha value is -0.403. The van der Waals surface area contributed by atoms with E-state index in [9.17, 15) is 0 Å². The number of benzene rings is 1. The minimum Gasteiger partial charge on any atom is -0.361 e. The third-order valence-corrected chi connectivity index (χ3v) is 6.22. The van der Waals surface area contributed by atoms with Crippen molar-refractivity contribution in [3.05, 3.63) is 27.6 Å². The molecule has 0 amide bonds. The first-order valence-corrected chi connectivity index (χ1v) is 11.3. The van der Waals surface area contributed by atoms with Gasteiger partial charge in [0.1, 0.15) is 12.2 Å². The van der Waals surface area contributed by atoms with E-state index < -0.39 is 8.07 Å². The van der Waals surface area contributed by atoms with Gasteiger partial charge in [0.25, 0.3) is 0 Å². The summed E-state index contributed by atoms with van der Waals surface area (Å²) in [5.41, 5.74) is 3.51. The predicted octanol–water partition coefficient (Wildman–Crippen LogP) is 4.26. The summed E-state index contributed by atoms with van der Waals surface area (Å²) < 4.78 is 9.10. The van der Waals surface area contributed by atoms with Gasteiger partial charge in [-0.25, -0.2) is 4.98 Å². The van der Waals surface area contributed by atoms with Crippen LogP contribution in [0, 0.1) is 10.5 Å². The minimum atomic E-state index is -1.00. The molecule has 0 saturated carbocycles. The Morgan fingerprint density at radius 3 is 2.74 bits per heavy atom. The summed E-state index contributed by atoms with van der Waals surface area (Å²) in [7, 11) is -1.00. The van der Waals surface area contributed by atoms with Crippen molar-refractivity contribution < 1.29 is 4.74 Å². The molecule has 1 aromatic carbocycles. The van der Waals surface area contributed by atoms with Gasteiger partial charge in [-0.1, -0.05) is 25.7 Å². The monoisotopic (exact) mass is 388 g/mol. The number of fused-ring (bicyclic) bond motifs is 1. The summed E-state index contributed by atoms with van der Waals surface area (Å²) in [6.07, 6.45) is 1.88. The molecule has 0 bridgehead atoms. The first kappa shape index (κ1) is 15.0. The molecule has 0 atom stereocenters. The summed E-state index contributed by atoms with van der Waals surface area (Å²) in [6, 6.07) is 5.47. The van der Waals surface area contributed by atoms with Crippen molar-refractivity contribution >= 4 is 41.7 Å². The highest BCUT2D eigenvalue weighted by Gasteiger charge is 2.12. The first-order valence-electron chi connectivity index (χ1n) is 6.56. The molecule has 0 unspecified atom stereocenters. The van der Waals surface area contributed by atoms with Crippen LogP contribution >= 0.6 is 22.6 Å². The third-order valence-electron chi connectivity index (χ3n) is 3.15. The van der Waals surface area contributed by atoms with Crippen LogP contribution in [0.25, 0.3) is 11.0 Å². The van der Waals surface area contributed by atoms with Gasteiger partial charge in [0.05, 0.1) is 11.8 Å². The summed E-state index contributed by atoms with van der Waals surface area (Å²) >= 11 is 2.36. The van der Waals surface area contributed by atoms with Crippen LogP contribution in [0.15, 0.2) is 18.5 Å². The van der Waals surface area contributed by atoms with Crippen LogP contribution < -0.4 is 0 Å². The van der Waals surface area contributed by atoms with Crippen molar-refractivity contribution in [3.8, 4) is 0 Å². The molecule has 0 spiro atoms. The number of hydrogen-bond donors (Lipinski definition) is 0. The largest absolute Gasteiger partial charge is 0.361 e. The van der Waals surface area contributed by atoms with Crippen molar-refractivity contribution in [2.24, 2.45) is 0 Å². The van der Waals surface area contributed by atoms with Crippen LogP contribution in [-0.2, 0) is 11.5 Å². The Morgan fingerprint density at radius 1 is 1.32 bits per heavy atom. The molecular formula is C14H21IN2OSi. The van der Waals surface area contributed by atoms with Gasteiger partial charge in [0, 0.05) is 18.3 Å². The van der Waals surface area contributed by atoms with Crippen molar-refractivity contribution in [1.82, 2.24) is 9.55 Å². The third kappa shape index (κ3) is 3.79. The Balaban J connectivity index is 2.04. The molecule has 19 heavy (non-hydrogen) atoms. The maximum Gasteiger partial charge on any atom is 0.124 e. The number of hydrogen-bond acceptors (Lipinski definition) is 2. The minimum absolute atomic E-state index is 0.597. The first-order chi connectivity index (χ1) is 8.88. The zero-order valence-electron chi connectivity index (χ0n) is 12.0. The SMILES string of the molecule is Cc1ccc2c(ncn2COCC[Si](C)(C)C)c1I. The van der Waals surface area contributed by atoms with Crippen LogP contribution in [0.3, 0.4) is 0 Å². The maximum absolute atomic E-state index is 5.79. The summed E-state index contributed by atoms with van der Waals surface area (Å²) in [5.74, 6) is 0. The molecule has 3 nitrogen and oxygen atoms in total. The normalized spacial score (nSPS) is 12.3. The van der Waals surface area contributed by atoms with E-state index in [4.69, 9.17) is 4.74 Å². The molecule has 5 heteroatoms. The molecule has 1 aromatic heterocycles. The van der Waals surface area contributed by atoms with Gasteiger partial charge >= 0.3 is 0 Å². The lowest BCUT2D eigenvalue weighted by Crippen LogP contribution is -2.21. The fraction of sp³-hybridized carbons (Fsp3) is 0.500. The van der Waals surface area contributed by atoms with Crippen molar-refractivity contribution in [3.63, 3.8) is 0 Å². The number of ether oxygens (including phenoxy) is 1. The number of nitrogens with zero attached hydrogens (tertiary/aromatic N) is 2. The lowest BCUT2D eigenvalue weighted by atomic mass is 10.2. The lowest BCUT2D eigenvalue weighted by molar-refractivity contribution is 0.0898. The molecule has 0 aliphatic rings. The highest BCUT2D eigenvalue weighted by molar-refractivity contribution is 14.1. The summed E-state index contributed by atoms with van der Waals surface area (Å²) in [6.45, 7) is 10.7. The summed E-state index contributed by atoms with van der Waals surface area (Å²) in [5, 5.41) is 0. The molecule has 0 saturated heterocycles. The van der Waals surface area contributed by atoms with E-state index in [1.54, 1.807) is 0 Å². The topological polar surface area (TPSA) is 27.1 Å². The van der Waals surface area contributed by atoms with E-state index >= 15 is 0 Å². The number of rotatable bonds is 5. The Labute approximate surface area is 129 Å². The second-order valence-electron chi connectivity index (χ2n) is 6.13. The smallest absolute Gasteiger partial charge is 0.124 e. The van der Waals surface area contributed by atoms with Crippen molar-refractivity contribution in [1.29, 1.82) is 0 Å². The molecule has 2 aromatic rings. The Kier molecular flexibility index (Phi) is 4.68. The highest BCUT2D eigenvalue weighted by atomic mass is 127. The molecule has 0 N–H and O–H groups in total. The molecule has 0 radical (unpaired) electrons. The fourth-order valence-electron chi connectivity index (χ4n) is 1.84. The van der Waals surface area contributed by atoms with Gasteiger partial charge < -0.3 is 9.30 Å². The zero-order valence-corrected chi connectivity index (χ0v) is 15.2. The molecular weight excluding hydrogens is 367 g/mol. The van der Waals surface area contributed by atoms with Gasteiger partial charge in [-0.15, -0.1) is 0 Å². The van der Waals surface area contributed by atoms with Crippen LogP contribution in [0.5, 0.6) is 0 Å². The van der Waals surface area contributed by atoms with E-state index in [0.29, 0.717) is 6.73 Å². The van der Waals surface area contributed by atoms with E-state index in [1.165, 1.54) is 15.2 Å². The molecule has 104 valence electrons. The molecule has 2 rings (SSSR count). The van der Waals surface area contributed by atoms with E-state index in [1.807, 2.05) is 6.33 Å². The quantitative estimate of drug-likeness (QED) is 0.435. The van der Waals surface area contributed by atoms with E-state index in [2.05, 4.69) is 70.8 Å². The van der Waals surface area contributed by atoms with E-state index in [0.717, 1.165) is 17.6 Å². The number of aromatic nitrogens is 2. The Bertz CT molecular complexity index is 575. The number of halogens is 1. The number of imidazole rings is 1. The van der Waals surface area contributed by atoms with Crippen molar-refractivity contribution in [2.75, 3.05) is 6.61 Å². The molecule has 1 heterocycles. The van der Waals surface area contributed by atoms with Crippen LogP contribution in [0.2, 0.25) is 25.7 Å². The fourth-order valence-corrected chi connectivity index (χ4v) is 3.20. The van der Waals surface area contributed by atoms with Gasteiger partial charge in [0.15, 0.2) is 0 Å². The predicted molar refractivity (Wildman–Crippen MR) is 91.3 cm³/mol. The van der Waals surface area contributed by atoms with Gasteiger partial charge in [0.2, 0.25) is 0 Å². The molecule has 0 aliphatic heterocycles. The lowest BCUT2D eigenvalue weighted by Gasteiger charge is -2.15. The maximum atomic E-state index is 5.79. The standard InChI is InChI=1S/C14H21IN2OSi/c1-11-5-6-12-14(13(11)15)16-9-17(12)10-18-7-8-19(2,3)4/h5-6,9H,7-8,10H2,1-4H3. The van der Waals surface area contributed by atoms with Crippen LogP contribution in [0.4, 0.5) is 0 Å². The van der Waals surface area contributed by atoms with Crippen molar-refractivity contribution in [2.45, 2.75) is 39.3 Å². The number of aryl methyl sites for hydroxylation is 1. The van der Waals surface area contributed by atoms with Crippen LogP contribution in [-0.4, -0.2) is 24.2 Å². The highest BCUT2D eigenvalue weighted by Crippen LogP contribution is 2.22. The van der Waals surface area contributed by atoms with Gasteiger partial charge in [-0.3, -0.25) is 0 Å². The van der Waals surface area contributed by atoms with Gasteiger partial charge in [-0.05, 0) is 47.2 Å². The molecule has 0 fully saturated rings. The average Bonchev–Trinajstić information content (AvgIpc) is 2.72.